The second-order valence-electron chi connectivity index (χ2n) is 9.05. The van der Waals surface area contributed by atoms with Crippen LogP contribution in [0, 0.1) is 0 Å². The molecule has 3 N–H and O–H groups in total. The lowest BCUT2D eigenvalue weighted by atomic mass is 10.0. The summed E-state index contributed by atoms with van der Waals surface area (Å²) in [6.07, 6.45) is 4.95. The number of aliphatic hydroxyl groups excluding tert-OH is 1. The van der Waals surface area contributed by atoms with Gasteiger partial charge in [0.2, 0.25) is 5.91 Å². The van der Waals surface area contributed by atoms with Crippen LogP contribution >= 0.6 is 15.9 Å². The zero-order valence-electron chi connectivity index (χ0n) is 18.7. The maximum atomic E-state index is 12.9. The summed E-state index contributed by atoms with van der Waals surface area (Å²) in [7, 11) is 0. The average molecular weight is 523 g/mol. The van der Waals surface area contributed by atoms with Crippen molar-refractivity contribution in [2.24, 2.45) is 0 Å². The number of benzene rings is 2. The number of fused-ring (bicyclic) bond motifs is 1. The van der Waals surface area contributed by atoms with Crippen LogP contribution < -0.4 is 16.2 Å². The summed E-state index contributed by atoms with van der Waals surface area (Å²) < 4.78 is 1.85. The Labute approximate surface area is 206 Å². The molecule has 0 bridgehead atoms. The second kappa shape index (κ2) is 9.82. The number of aryl methyl sites for hydroxylation is 1. The maximum Gasteiger partial charge on any atom is 0.268 e. The van der Waals surface area contributed by atoms with Crippen LogP contribution in [-0.4, -0.2) is 32.6 Å². The molecule has 5 rings (SSSR count). The van der Waals surface area contributed by atoms with Crippen LogP contribution in [0.1, 0.15) is 48.4 Å². The summed E-state index contributed by atoms with van der Waals surface area (Å²) in [5, 5.41) is 17.2. The Kier molecular flexibility index (Phi) is 6.63. The third-order valence-corrected chi connectivity index (χ3v) is 7.33. The molecule has 0 radical (unpaired) electrons. The quantitative estimate of drug-likeness (QED) is 0.460. The van der Waals surface area contributed by atoms with E-state index in [0.717, 1.165) is 24.8 Å². The number of aromatic nitrogens is 2. The third-order valence-electron chi connectivity index (χ3n) is 6.79. The fourth-order valence-electron chi connectivity index (χ4n) is 5.01. The first-order valence-corrected chi connectivity index (χ1v) is 12.4. The molecule has 0 spiro atoms. The minimum atomic E-state index is -0.553. The van der Waals surface area contributed by atoms with E-state index in [4.69, 9.17) is 0 Å². The van der Waals surface area contributed by atoms with Gasteiger partial charge in [-0.15, -0.1) is 0 Å². The Morgan fingerprint density at radius 1 is 1.15 bits per heavy atom. The molecule has 176 valence electrons. The average Bonchev–Trinajstić information content (AvgIpc) is 3.50. The predicted molar refractivity (Wildman–Crippen MR) is 134 cm³/mol. The van der Waals surface area contributed by atoms with E-state index in [1.807, 2.05) is 54.6 Å². The lowest BCUT2D eigenvalue weighted by Crippen LogP contribution is -2.35. The smallest absolute Gasteiger partial charge is 0.268 e. The molecular formula is C26H27BrN4O3. The van der Waals surface area contributed by atoms with Crippen molar-refractivity contribution in [1.82, 2.24) is 14.9 Å². The minimum absolute atomic E-state index is 0.0539. The van der Waals surface area contributed by atoms with E-state index >= 15 is 0 Å². The highest BCUT2D eigenvalue weighted by Crippen LogP contribution is 2.28. The molecule has 7 nitrogen and oxygen atoms in total. The van der Waals surface area contributed by atoms with Gasteiger partial charge in [-0.1, -0.05) is 42.5 Å². The number of nitrogens with zero attached hydrogens (tertiary/aromatic N) is 2. The van der Waals surface area contributed by atoms with Gasteiger partial charge in [-0.25, -0.2) is 4.98 Å². The molecule has 0 saturated carbocycles. The van der Waals surface area contributed by atoms with Gasteiger partial charge in [0.15, 0.2) is 0 Å². The van der Waals surface area contributed by atoms with Crippen LogP contribution in [0.25, 0.3) is 0 Å². The first kappa shape index (κ1) is 23.0. The molecule has 1 fully saturated rings. The van der Waals surface area contributed by atoms with E-state index in [1.165, 1.54) is 16.3 Å². The lowest BCUT2D eigenvalue weighted by molar-refractivity contribution is -0.119. The van der Waals surface area contributed by atoms with Gasteiger partial charge in [0, 0.05) is 30.4 Å². The van der Waals surface area contributed by atoms with Crippen molar-refractivity contribution in [2.45, 2.75) is 56.3 Å². The van der Waals surface area contributed by atoms with Gasteiger partial charge in [-0.2, -0.15) is 0 Å². The molecule has 0 unspecified atom stereocenters. The van der Waals surface area contributed by atoms with Gasteiger partial charge in [0.05, 0.1) is 6.10 Å². The first-order chi connectivity index (χ1) is 16.5. The molecule has 2 aliphatic heterocycles. The topological polar surface area (TPSA) is 96.2 Å². The van der Waals surface area contributed by atoms with Gasteiger partial charge < -0.3 is 15.7 Å². The summed E-state index contributed by atoms with van der Waals surface area (Å²) in [5.41, 5.74) is 2.59. The Morgan fingerprint density at radius 3 is 2.68 bits per heavy atom. The number of carbonyl (C=O) groups is 1. The number of amides is 1. The van der Waals surface area contributed by atoms with Crippen molar-refractivity contribution < 1.29 is 9.90 Å². The molecule has 34 heavy (non-hydrogen) atoms. The zero-order chi connectivity index (χ0) is 23.7. The molecule has 1 saturated heterocycles. The van der Waals surface area contributed by atoms with Gasteiger partial charge in [-0.05, 0) is 64.9 Å². The molecule has 3 aromatic rings. The van der Waals surface area contributed by atoms with Crippen molar-refractivity contribution in [3.63, 3.8) is 0 Å². The van der Waals surface area contributed by atoms with Crippen molar-refractivity contribution >= 4 is 27.5 Å². The predicted octanol–water partition coefficient (Wildman–Crippen LogP) is 3.53. The van der Waals surface area contributed by atoms with E-state index in [2.05, 4.69) is 31.5 Å². The summed E-state index contributed by atoms with van der Waals surface area (Å²) in [6.45, 7) is 0. The molecule has 8 heteroatoms. The third kappa shape index (κ3) is 4.71. The van der Waals surface area contributed by atoms with Crippen molar-refractivity contribution in [3.05, 3.63) is 92.6 Å². The SMILES string of the molecule is O=C(Nc1ccc(C[C@@H]2CC[C@H]([C@H](O)c3ccccc3)N2)cc1)[C@@H]1CCc2ncc(Br)c(=O)n21. The second-order valence-corrected chi connectivity index (χ2v) is 9.90. The number of nitrogens with one attached hydrogen (secondary N) is 2. The number of hydrogen-bond donors (Lipinski definition) is 3. The largest absolute Gasteiger partial charge is 0.387 e. The summed E-state index contributed by atoms with van der Waals surface area (Å²) >= 11 is 3.21. The number of carbonyl (C=O) groups excluding carboxylic acids is 1. The lowest BCUT2D eigenvalue weighted by Gasteiger charge is -2.20. The fraction of sp³-hybridized carbons (Fsp3) is 0.346. The number of halogens is 1. The van der Waals surface area contributed by atoms with Crippen LogP contribution in [-0.2, 0) is 17.6 Å². The van der Waals surface area contributed by atoms with E-state index in [0.29, 0.717) is 34.9 Å². The van der Waals surface area contributed by atoms with E-state index in [1.54, 1.807) is 0 Å². The van der Waals surface area contributed by atoms with Gasteiger partial charge >= 0.3 is 0 Å². The van der Waals surface area contributed by atoms with E-state index < -0.39 is 12.1 Å². The molecule has 4 atom stereocenters. The number of rotatable bonds is 6. The maximum absolute atomic E-state index is 12.9. The molecule has 1 aromatic heterocycles. The van der Waals surface area contributed by atoms with Crippen LogP contribution in [0.2, 0.25) is 0 Å². The number of aliphatic hydroxyl groups is 1. The Balaban J connectivity index is 1.18. The Hall–Kier alpha value is -2.81. The molecular weight excluding hydrogens is 496 g/mol. The molecule has 2 aliphatic rings. The Morgan fingerprint density at radius 2 is 1.91 bits per heavy atom. The normalized spacial score (nSPS) is 22.4. The van der Waals surface area contributed by atoms with Crippen LogP contribution in [0.3, 0.4) is 0 Å². The zero-order valence-corrected chi connectivity index (χ0v) is 20.2. The van der Waals surface area contributed by atoms with Crippen LogP contribution in [0.4, 0.5) is 5.69 Å². The molecule has 1 amide bonds. The number of anilines is 1. The van der Waals surface area contributed by atoms with Crippen molar-refractivity contribution in [1.29, 1.82) is 0 Å². The monoisotopic (exact) mass is 522 g/mol. The summed E-state index contributed by atoms with van der Waals surface area (Å²) in [4.78, 5) is 29.6. The van der Waals surface area contributed by atoms with Crippen molar-refractivity contribution in [3.8, 4) is 0 Å². The summed E-state index contributed by atoms with van der Waals surface area (Å²) in [5.74, 6) is 0.437. The van der Waals surface area contributed by atoms with Gasteiger partial charge in [0.1, 0.15) is 16.3 Å². The minimum Gasteiger partial charge on any atom is -0.387 e. The van der Waals surface area contributed by atoms with Crippen molar-refractivity contribution in [2.75, 3.05) is 5.32 Å². The highest BCUT2D eigenvalue weighted by Gasteiger charge is 2.31. The van der Waals surface area contributed by atoms with Crippen LogP contribution in [0.15, 0.2) is 70.1 Å². The highest BCUT2D eigenvalue weighted by atomic mass is 79.9. The van der Waals surface area contributed by atoms with Crippen LogP contribution in [0.5, 0.6) is 0 Å². The van der Waals surface area contributed by atoms with E-state index in [9.17, 15) is 14.7 Å². The molecule has 2 aromatic carbocycles. The molecule has 0 aliphatic carbocycles. The summed E-state index contributed by atoms with van der Waals surface area (Å²) in [6, 6.07) is 17.4. The standard InChI is InChI=1S/C26H27BrN4O3/c27-20-15-28-23-13-12-22(31(23)26(20)34)25(33)30-18-8-6-16(7-9-18)14-19-10-11-21(29-19)24(32)17-4-2-1-3-5-17/h1-9,15,19,21-22,24,29,32H,10-14H2,(H,30,33)/t19-,21+,22-,24+/m0/s1. The Bertz CT molecular complexity index is 1230. The van der Waals surface area contributed by atoms with E-state index in [-0.39, 0.29) is 17.5 Å². The first-order valence-electron chi connectivity index (χ1n) is 11.6. The van der Waals surface area contributed by atoms with Gasteiger partial charge in [-0.3, -0.25) is 14.2 Å². The number of hydrogen-bond acceptors (Lipinski definition) is 5. The molecule has 3 heterocycles. The fourth-order valence-corrected chi connectivity index (χ4v) is 5.30. The highest BCUT2D eigenvalue weighted by molar-refractivity contribution is 9.10. The van der Waals surface area contributed by atoms with Gasteiger partial charge in [0.25, 0.3) is 5.56 Å².